The van der Waals surface area contributed by atoms with Gasteiger partial charge in [-0.2, -0.15) is 17.5 Å². The molecule has 0 aliphatic carbocycles. The first-order valence-electron chi connectivity index (χ1n) is 3.67. The van der Waals surface area contributed by atoms with Gasteiger partial charge in [0.25, 0.3) is 11.1 Å². The maximum absolute atomic E-state index is 11.6. The van der Waals surface area contributed by atoms with Crippen LogP contribution in [0.15, 0.2) is 0 Å². The molecule has 5 nitrogen and oxygen atoms in total. The van der Waals surface area contributed by atoms with Gasteiger partial charge in [-0.3, -0.25) is 4.79 Å². The lowest BCUT2D eigenvalue weighted by Crippen LogP contribution is -2.30. The molecule has 9 heteroatoms. The monoisotopic (exact) mass is 247 g/mol. The van der Waals surface area contributed by atoms with E-state index in [1.165, 1.54) is 12.4 Å². The number of Topliss-reactive ketones (excluding diaryl/α,β-unsaturated/α-hetero) is 1. The van der Waals surface area contributed by atoms with Crippen LogP contribution in [0.2, 0.25) is 0 Å². The van der Waals surface area contributed by atoms with Gasteiger partial charge >= 0.3 is 5.51 Å². The van der Waals surface area contributed by atoms with Crippen molar-refractivity contribution in [3.8, 4) is 0 Å². The van der Waals surface area contributed by atoms with Crippen LogP contribution >= 0.6 is 0 Å². The summed E-state index contributed by atoms with van der Waals surface area (Å²) in [7, 11) is 0. The van der Waals surface area contributed by atoms with Crippen LogP contribution in [0.25, 0.3) is 0 Å². The van der Waals surface area contributed by atoms with E-state index in [0.29, 0.717) is 0 Å². The van der Waals surface area contributed by atoms with E-state index in [0.717, 1.165) is 0 Å². The van der Waals surface area contributed by atoms with Crippen LogP contribution in [0.4, 0.5) is 13.2 Å². The minimum Gasteiger partial charge on any atom is -0.300 e. The summed E-state index contributed by atoms with van der Waals surface area (Å²) in [4.78, 5) is 21.1. The number of carbonyl (C=O) groups excluding carboxylic acids is 2. The van der Waals surface area contributed by atoms with Gasteiger partial charge in [-0.15, -0.1) is 0 Å². The molecular weight excluding hydrogens is 239 g/mol. The number of alkyl halides is 3. The molecule has 0 rings (SSSR count). The fourth-order valence-electron chi connectivity index (χ4n) is 0.472. The molecular formula is C6H8F3NO4S. The van der Waals surface area contributed by atoms with Crippen molar-refractivity contribution in [2.45, 2.75) is 25.3 Å². The van der Waals surface area contributed by atoms with Gasteiger partial charge in [0.15, 0.2) is 0 Å². The van der Waals surface area contributed by atoms with Gasteiger partial charge in [0.2, 0.25) is 5.91 Å². The minimum absolute atomic E-state index is 0.117. The van der Waals surface area contributed by atoms with Gasteiger partial charge in [-0.05, 0) is 6.92 Å². The Morgan fingerprint density at radius 1 is 1.33 bits per heavy atom. The van der Waals surface area contributed by atoms with Crippen molar-refractivity contribution in [1.29, 1.82) is 0 Å². The number of ketones is 1. The molecule has 0 spiro atoms. The van der Waals surface area contributed by atoms with Crippen molar-refractivity contribution in [3.63, 3.8) is 0 Å². The Morgan fingerprint density at radius 3 is 2.27 bits per heavy atom. The van der Waals surface area contributed by atoms with Gasteiger partial charge in [-0.25, -0.2) is 9.69 Å². The van der Waals surface area contributed by atoms with Gasteiger partial charge < -0.3 is 4.79 Å². The first-order valence-corrected chi connectivity index (χ1v) is 4.75. The zero-order valence-electron chi connectivity index (χ0n) is 7.59. The van der Waals surface area contributed by atoms with Crippen molar-refractivity contribution >= 4 is 22.8 Å². The number of halogens is 3. The molecule has 0 aliphatic rings. The van der Waals surface area contributed by atoms with Gasteiger partial charge in [-0.1, -0.05) is 0 Å². The number of nitrogens with one attached hydrogen (secondary N) is 1. The highest BCUT2D eigenvalue weighted by molar-refractivity contribution is 7.81. The SMILES string of the molecule is CC(=O)CCC(=O)NOS(=O)C(F)(F)F. The molecule has 0 saturated heterocycles. The van der Waals surface area contributed by atoms with Crippen molar-refractivity contribution in [2.75, 3.05) is 0 Å². The highest BCUT2D eigenvalue weighted by Gasteiger charge is 2.39. The Hall–Kier alpha value is -0.960. The smallest absolute Gasteiger partial charge is 0.300 e. The highest BCUT2D eigenvalue weighted by atomic mass is 32.2. The number of rotatable bonds is 5. The Kier molecular flexibility index (Phi) is 5.44. The van der Waals surface area contributed by atoms with E-state index in [-0.39, 0.29) is 18.6 Å². The number of hydrogen-bond donors (Lipinski definition) is 1. The molecule has 88 valence electrons. The first kappa shape index (κ1) is 14.0. The summed E-state index contributed by atoms with van der Waals surface area (Å²) in [6.45, 7) is 1.22. The minimum atomic E-state index is -5.05. The molecule has 0 bridgehead atoms. The normalized spacial score (nSPS) is 13.3. The molecule has 1 unspecified atom stereocenters. The molecule has 1 amide bonds. The van der Waals surface area contributed by atoms with Gasteiger partial charge in [0.05, 0.1) is 0 Å². The van der Waals surface area contributed by atoms with E-state index in [9.17, 15) is 27.0 Å². The summed E-state index contributed by atoms with van der Waals surface area (Å²) in [6.07, 6.45) is -0.432. The van der Waals surface area contributed by atoms with Crippen LogP contribution in [0.5, 0.6) is 0 Å². The standard InChI is InChI=1S/C6H8F3NO4S/c1-4(11)2-3-5(12)10-14-15(13)6(7,8)9/h2-3H2,1H3,(H,10,12). The Balaban J connectivity index is 3.82. The summed E-state index contributed by atoms with van der Waals surface area (Å²) in [5, 5.41) is 0. The second-order valence-electron chi connectivity index (χ2n) is 2.49. The van der Waals surface area contributed by atoms with Crippen LogP contribution in [-0.4, -0.2) is 21.4 Å². The van der Waals surface area contributed by atoms with Gasteiger partial charge in [0.1, 0.15) is 5.78 Å². The van der Waals surface area contributed by atoms with E-state index in [1.54, 1.807) is 0 Å². The number of hydroxylamine groups is 1. The Morgan fingerprint density at radius 2 is 1.87 bits per heavy atom. The molecule has 0 aromatic heterocycles. The first-order chi connectivity index (χ1) is 6.73. The van der Waals surface area contributed by atoms with E-state index in [2.05, 4.69) is 4.28 Å². The van der Waals surface area contributed by atoms with Crippen molar-refractivity contribution in [2.24, 2.45) is 0 Å². The molecule has 0 radical (unpaired) electrons. The zero-order chi connectivity index (χ0) is 12.1. The molecule has 1 atom stereocenters. The quantitative estimate of drug-likeness (QED) is 0.721. The summed E-state index contributed by atoms with van der Waals surface area (Å²) < 4.78 is 48.5. The summed E-state index contributed by atoms with van der Waals surface area (Å²) >= 11 is -3.59. The summed E-state index contributed by atoms with van der Waals surface area (Å²) in [5.41, 5.74) is -3.71. The van der Waals surface area contributed by atoms with E-state index in [4.69, 9.17) is 0 Å². The third-order valence-corrected chi connectivity index (χ3v) is 1.74. The molecule has 0 aliphatic heterocycles. The Bertz CT molecular complexity index is 278. The maximum Gasteiger partial charge on any atom is 0.499 e. The van der Waals surface area contributed by atoms with E-state index >= 15 is 0 Å². The lowest BCUT2D eigenvalue weighted by atomic mass is 10.2. The highest BCUT2D eigenvalue weighted by Crippen LogP contribution is 2.19. The lowest BCUT2D eigenvalue weighted by molar-refractivity contribution is -0.130. The van der Waals surface area contributed by atoms with E-state index in [1.807, 2.05) is 0 Å². The maximum atomic E-state index is 11.6. The predicted molar refractivity (Wildman–Crippen MR) is 43.3 cm³/mol. The van der Waals surface area contributed by atoms with Crippen molar-refractivity contribution in [3.05, 3.63) is 0 Å². The lowest BCUT2D eigenvalue weighted by Gasteiger charge is -2.06. The van der Waals surface area contributed by atoms with Crippen LogP contribution in [0.3, 0.4) is 0 Å². The second-order valence-corrected chi connectivity index (χ2v) is 3.59. The number of amides is 1. The molecule has 0 aromatic rings. The molecule has 0 heterocycles. The molecule has 0 fully saturated rings. The van der Waals surface area contributed by atoms with Crippen LogP contribution in [-0.2, 0) is 25.0 Å². The van der Waals surface area contributed by atoms with Crippen LogP contribution < -0.4 is 5.48 Å². The fraction of sp³-hybridized carbons (Fsp3) is 0.667. The molecule has 0 saturated carbocycles. The summed E-state index contributed by atoms with van der Waals surface area (Å²) in [5.74, 6) is -1.23. The number of carbonyl (C=O) groups is 2. The van der Waals surface area contributed by atoms with E-state index < -0.39 is 22.5 Å². The zero-order valence-corrected chi connectivity index (χ0v) is 8.41. The molecule has 1 N–H and O–H groups in total. The molecule has 15 heavy (non-hydrogen) atoms. The van der Waals surface area contributed by atoms with Crippen molar-refractivity contribution < 1.29 is 31.3 Å². The van der Waals surface area contributed by atoms with Crippen LogP contribution in [0, 0.1) is 0 Å². The second kappa shape index (κ2) is 5.81. The average molecular weight is 247 g/mol. The fourth-order valence-corrected chi connectivity index (χ4v) is 0.735. The summed E-state index contributed by atoms with van der Waals surface area (Å²) in [6, 6.07) is 0. The predicted octanol–water partition coefficient (Wildman–Crippen LogP) is 0.587. The Labute approximate surface area is 85.6 Å². The topological polar surface area (TPSA) is 72.5 Å². The third kappa shape index (κ3) is 7.03. The number of hydrogen-bond acceptors (Lipinski definition) is 4. The average Bonchev–Trinajstić information content (AvgIpc) is 2.09. The molecule has 0 aromatic carbocycles. The largest absolute Gasteiger partial charge is 0.499 e. The van der Waals surface area contributed by atoms with Gasteiger partial charge in [0, 0.05) is 12.8 Å². The van der Waals surface area contributed by atoms with Crippen LogP contribution in [0.1, 0.15) is 19.8 Å². The third-order valence-electron chi connectivity index (χ3n) is 1.12. The van der Waals surface area contributed by atoms with Crippen molar-refractivity contribution in [1.82, 2.24) is 5.48 Å².